The molecule has 38 heavy (non-hydrogen) atoms. The van der Waals surface area contributed by atoms with Gasteiger partial charge in [0, 0.05) is 47.7 Å². The summed E-state index contributed by atoms with van der Waals surface area (Å²) < 4.78 is 70.3. The number of hydrogen-bond acceptors (Lipinski definition) is 4. The van der Waals surface area contributed by atoms with E-state index in [0.29, 0.717) is 11.6 Å². The molecule has 2 aromatic carbocycles. The van der Waals surface area contributed by atoms with Crippen LogP contribution in [0.5, 0.6) is 0 Å². The summed E-state index contributed by atoms with van der Waals surface area (Å²) in [6.45, 7) is 1.55. The van der Waals surface area contributed by atoms with Gasteiger partial charge in [-0.25, -0.2) is 22.0 Å². The zero-order valence-electron chi connectivity index (χ0n) is 20.0. The Kier molecular flexibility index (Phi) is 7.29. The molecule has 0 spiro atoms. The van der Waals surface area contributed by atoms with Crippen molar-refractivity contribution in [2.24, 2.45) is 10.7 Å². The number of hydrogen-bond donors (Lipinski definition) is 2. The molecule has 12 heteroatoms. The minimum Gasteiger partial charge on any atom is -0.400 e. The Morgan fingerprint density at radius 1 is 1.13 bits per heavy atom. The maximum absolute atomic E-state index is 14.5. The molecule has 3 aromatic rings. The number of carbonyl (C=O) groups is 1. The minimum absolute atomic E-state index is 0.00221. The van der Waals surface area contributed by atoms with Crippen LogP contribution in [0, 0.1) is 40.4 Å². The van der Waals surface area contributed by atoms with Crippen LogP contribution in [-0.2, 0) is 0 Å². The molecule has 0 bridgehead atoms. The lowest BCUT2D eigenvalue weighted by Crippen LogP contribution is -2.46. The van der Waals surface area contributed by atoms with Crippen LogP contribution in [0.2, 0.25) is 5.02 Å². The molecule has 1 aliphatic heterocycles. The van der Waals surface area contributed by atoms with Gasteiger partial charge in [0.05, 0.1) is 22.3 Å². The van der Waals surface area contributed by atoms with E-state index in [4.69, 9.17) is 22.6 Å². The Morgan fingerprint density at radius 2 is 1.84 bits per heavy atom. The van der Waals surface area contributed by atoms with Crippen molar-refractivity contribution in [1.82, 2.24) is 9.88 Å². The molecule has 0 radical (unpaired) electrons. The molecule has 3 N–H and O–H groups in total. The summed E-state index contributed by atoms with van der Waals surface area (Å²) in [4.78, 5) is 21.4. The summed E-state index contributed by atoms with van der Waals surface area (Å²) in [5.41, 5.74) is 6.40. The van der Waals surface area contributed by atoms with Crippen LogP contribution in [0.3, 0.4) is 0 Å². The third-order valence-electron chi connectivity index (χ3n) is 6.38. The number of amides is 1. The number of rotatable bonds is 4. The number of aromatic nitrogens is 1. The number of nitrogens with zero attached hydrogens (tertiary/aromatic N) is 3. The first kappa shape index (κ1) is 26.9. The van der Waals surface area contributed by atoms with Gasteiger partial charge in [-0.1, -0.05) is 11.6 Å². The van der Waals surface area contributed by atoms with Gasteiger partial charge < -0.3 is 15.6 Å². The van der Waals surface area contributed by atoms with Gasteiger partial charge >= 0.3 is 0 Å². The number of nitrogens with two attached hydrogens (primary N) is 1. The molecule has 0 saturated heterocycles. The third-order valence-corrected chi connectivity index (χ3v) is 6.79. The summed E-state index contributed by atoms with van der Waals surface area (Å²) in [6.07, 6.45) is 1.45. The van der Waals surface area contributed by atoms with Crippen molar-refractivity contribution >= 4 is 23.2 Å². The monoisotopic (exact) mass is 547 g/mol. The number of carbonyl (C=O) groups excluding carboxylic acids is 1. The number of H-pyrrole nitrogens is 1. The Bertz CT molecular complexity index is 1570. The van der Waals surface area contributed by atoms with Crippen molar-refractivity contribution in [2.75, 3.05) is 13.6 Å². The Balaban J connectivity index is 1.71. The molecule has 1 aliphatic rings. The fourth-order valence-electron chi connectivity index (χ4n) is 4.41. The molecule has 0 saturated carbocycles. The van der Waals surface area contributed by atoms with Gasteiger partial charge in [-0.3, -0.25) is 9.79 Å². The molecule has 196 valence electrons. The van der Waals surface area contributed by atoms with E-state index >= 15 is 0 Å². The standard InChI is InChI=1S/C26H19ClF5N5O/c1-11-24(34)15(25(35-2)18-8-19(29)22(31)23(32)21(18)30)3-4-37(11)26(38)17-7-13(28)6-16(20(17)27)12-5-14(9-33)36-10-12/h5-8,10-11,36H,3-4,34H2,1-2H3/t11-/m0/s1. The number of halogens is 6. The predicted molar refractivity (Wildman–Crippen MR) is 131 cm³/mol. The first-order valence-electron chi connectivity index (χ1n) is 11.2. The van der Waals surface area contributed by atoms with Crippen molar-refractivity contribution in [2.45, 2.75) is 19.4 Å². The lowest BCUT2D eigenvalue weighted by molar-refractivity contribution is 0.0706. The summed E-state index contributed by atoms with van der Waals surface area (Å²) in [5.74, 6) is -8.55. The first-order chi connectivity index (χ1) is 18.0. The van der Waals surface area contributed by atoms with Crippen LogP contribution in [0.25, 0.3) is 11.1 Å². The van der Waals surface area contributed by atoms with E-state index in [0.717, 1.165) is 12.1 Å². The summed E-state index contributed by atoms with van der Waals surface area (Å²) in [5, 5.41) is 9.00. The average Bonchev–Trinajstić information content (AvgIpc) is 3.38. The van der Waals surface area contributed by atoms with Crippen LogP contribution in [0.4, 0.5) is 22.0 Å². The van der Waals surface area contributed by atoms with Crippen molar-refractivity contribution in [3.05, 3.63) is 92.7 Å². The van der Waals surface area contributed by atoms with Gasteiger partial charge in [-0.2, -0.15) is 5.26 Å². The molecule has 0 fully saturated rings. The fraction of sp³-hybridized carbons (Fsp3) is 0.192. The van der Waals surface area contributed by atoms with Gasteiger partial charge in [0.2, 0.25) is 0 Å². The largest absolute Gasteiger partial charge is 0.400 e. The highest BCUT2D eigenvalue weighted by atomic mass is 35.5. The van der Waals surface area contributed by atoms with Crippen LogP contribution < -0.4 is 5.73 Å². The molecule has 1 atom stereocenters. The molecule has 6 nitrogen and oxygen atoms in total. The van der Waals surface area contributed by atoms with Crippen molar-refractivity contribution in [1.29, 1.82) is 5.26 Å². The third kappa shape index (κ3) is 4.52. The van der Waals surface area contributed by atoms with E-state index in [1.807, 2.05) is 6.07 Å². The Hall–Kier alpha value is -4.17. The lowest BCUT2D eigenvalue weighted by Gasteiger charge is -2.36. The first-order valence-corrected chi connectivity index (χ1v) is 11.6. The number of nitrogens with one attached hydrogen (secondary N) is 1. The fourth-order valence-corrected chi connectivity index (χ4v) is 4.71. The maximum Gasteiger partial charge on any atom is 0.256 e. The summed E-state index contributed by atoms with van der Waals surface area (Å²) in [6, 6.07) is 5.14. The zero-order chi connectivity index (χ0) is 27.9. The predicted octanol–water partition coefficient (Wildman–Crippen LogP) is 5.47. The van der Waals surface area contributed by atoms with Gasteiger partial charge in [-0.05, 0) is 37.6 Å². The van der Waals surface area contributed by atoms with E-state index < -0.39 is 46.6 Å². The van der Waals surface area contributed by atoms with Crippen molar-refractivity contribution in [3.8, 4) is 17.2 Å². The molecule has 0 aliphatic carbocycles. The van der Waals surface area contributed by atoms with Gasteiger partial charge in [0.15, 0.2) is 23.3 Å². The highest BCUT2D eigenvalue weighted by Crippen LogP contribution is 2.35. The van der Waals surface area contributed by atoms with E-state index in [-0.39, 0.29) is 51.8 Å². The molecule has 1 amide bonds. The quantitative estimate of drug-likeness (QED) is 0.196. The van der Waals surface area contributed by atoms with Gasteiger partial charge in [-0.15, -0.1) is 0 Å². The maximum atomic E-state index is 14.5. The normalized spacial score (nSPS) is 16.1. The van der Waals surface area contributed by atoms with Crippen LogP contribution in [0.15, 0.2) is 46.7 Å². The van der Waals surface area contributed by atoms with Gasteiger partial charge in [0.25, 0.3) is 5.91 Å². The average molecular weight is 548 g/mol. The highest BCUT2D eigenvalue weighted by molar-refractivity contribution is 6.36. The lowest BCUT2D eigenvalue weighted by atomic mass is 9.91. The second-order valence-corrected chi connectivity index (χ2v) is 8.89. The smallest absolute Gasteiger partial charge is 0.256 e. The van der Waals surface area contributed by atoms with Crippen molar-refractivity contribution < 1.29 is 26.7 Å². The molecule has 1 aromatic heterocycles. The second-order valence-electron chi connectivity index (χ2n) is 8.51. The Labute approximate surface area is 218 Å². The number of benzene rings is 2. The molecular formula is C26H19ClF5N5O. The van der Waals surface area contributed by atoms with Crippen LogP contribution in [0.1, 0.15) is 35.0 Å². The number of aromatic amines is 1. The van der Waals surface area contributed by atoms with E-state index in [1.165, 1.54) is 24.2 Å². The van der Waals surface area contributed by atoms with Crippen molar-refractivity contribution in [3.63, 3.8) is 0 Å². The van der Waals surface area contributed by atoms with E-state index in [1.54, 1.807) is 6.92 Å². The number of aliphatic imine (C=N–C) groups is 1. The summed E-state index contributed by atoms with van der Waals surface area (Å²) >= 11 is 6.49. The summed E-state index contributed by atoms with van der Waals surface area (Å²) in [7, 11) is 1.25. The molecular weight excluding hydrogens is 529 g/mol. The highest BCUT2D eigenvalue weighted by Gasteiger charge is 2.34. The zero-order valence-corrected chi connectivity index (χ0v) is 20.7. The van der Waals surface area contributed by atoms with Crippen LogP contribution >= 0.6 is 11.6 Å². The molecule has 4 rings (SSSR count). The second kappa shape index (κ2) is 10.3. The topological polar surface area (TPSA) is 98.3 Å². The van der Waals surface area contributed by atoms with E-state index in [2.05, 4.69) is 9.98 Å². The van der Waals surface area contributed by atoms with Crippen LogP contribution in [-0.4, -0.2) is 41.1 Å². The van der Waals surface area contributed by atoms with E-state index in [9.17, 15) is 26.7 Å². The number of nitriles is 1. The SMILES string of the molecule is CN=C(C1=C(N)[C@H](C)N(C(=O)c2cc(F)cc(-c3c[nH]c(C#N)c3)c2Cl)CC1)c1cc(F)c(F)c(F)c1F. The Morgan fingerprint density at radius 3 is 2.47 bits per heavy atom. The minimum atomic E-state index is -1.98. The molecule has 2 heterocycles. The molecule has 0 unspecified atom stereocenters. The van der Waals surface area contributed by atoms with Gasteiger partial charge in [0.1, 0.15) is 17.6 Å².